The average Bonchev–Trinajstić information content (AvgIpc) is 2.40. The molecular formula is C15H23N3O2. The number of benzene rings is 1. The topological polar surface area (TPSA) is 70.2 Å². The molecule has 0 spiro atoms. The van der Waals surface area contributed by atoms with E-state index in [1.165, 1.54) is 6.92 Å². The molecule has 0 saturated heterocycles. The summed E-state index contributed by atoms with van der Waals surface area (Å²) in [7, 11) is 0. The zero-order valence-corrected chi connectivity index (χ0v) is 12.3. The molecule has 2 amide bonds. The summed E-state index contributed by atoms with van der Waals surface area (Å²) in [6.45, 7) is 6.09. The van der Waals surface area contributed by atoms with Gasteiger partial charge in [-0.15, -0.1) is 0 Å². The molecule has 5 nitrogen and oxygen atoms in total. The SMILES string of the molecule is CCCCNC(=O)C(C)Nc1ccc(NC(C)=O)cc1. The molecule has 0 heterocycles. The molecule has 0 aliphatic heterocycles. The van der Waals surface area contributed by atoms with Crippen molar-refractivity contribution in [2.75, 3.05) is 17.2 Å². The first kappa shape index (κ1) is 16.0. The summed E-state index contributed by atoms with van der Waals surface area (Å²) in [4.78, 5) is 22.7. The fraction of sp³-hybridized carbons (Fsp3) is 0.467. The van der Waals surface area contributed by atoms with E-state index >= 15 is 0 Å². The van der Waals surface area contributed by atoms with Gasteiger partial charge in [0.2, 0.25) is 11.8 Å². The second-order valence-electron chi connectivity index (χ2n) is 4.77. The van der Waals surface area contributed by atoms with Gasteiger partial charge >= 0.3 is 0 Å². The number of carbonyl (C=O) groups is 2. The lowest BCUT2D eigenvalue weighted by atomic mass is 10.2. The number of anilines is 2. The number of hydrogen-bond donors (Lipinski definition) is 3. The van der Waals surface area contributed by atoms with Crippen LogP contribution in [0.15, 0.2) is 24.3 Å². The molecule has 110 valence electrons. The molecule has 0 aromatic heterocycles. The molecular weight excluding hydrogens is 254 g/mol. The van der Waals surface area contributed by atoms with E-state index in [0.717, 1.165) is 24.2 Å². The first-order chi connectivity index (χ1) is 9.52. The highest BCUT2D eigenvalue weighted by atomic mass is 16.2. The van der Waals surface area contributed by atoms with Crippen molar-refractivity contribution >= 4 is 23.2 Å². The van der Waals surface area contributed by atoms with Crippen molar-refractivity contribution < 1.29 is 9.59 Å². The summed E-state index contributed by atoms with van der Waals surface area (Å²) in [5.41, 5.74) is 1.58. The average molecular weight is 277 g/mol. The van der Waals surface area contributed by atoms with Gasteiger partial charge in [-0.05, 0) is 37.6 Å². The Labute approximate surface area is 120 Å². The lowest BCUT2D eigenvalue weighted by molar-refractivity contribution is -0.121. The molecule has 0 aliphatic carbocycles. The Morgan fingerprint density at radius 2 is 1.75 bits per heavy atom. The van der Waals surface area contributed by atoms with Gasteiger partial charge in [0, 0.05) is 24.8 Å². The lowest BCUT2D eigenvalue weighted by Crippen LogP contribution is -2.37. The summed E-state index contributed by atoms with van der Waals surface area (Å²) >= 11 is 0. The van der Waals surface area contributed by atoms with Crippen LogP contribution in [0.3, 0.4) is 0 Å². The van der Waals surface area contributed by atoms with Crippen LogP contribution < -0.4 is 16.0 Å². The van der Waals surface area contributed by atoms with Crippen molar-refractivity contribution in [1.82, 2.24) is 5.32 Å². The van der Waals surface area contributed by atoms with Gasteiger partial charge in [-0.25, -0.2) is 0 Å². The Balaban J connectivity index is 2.47. The third-order valence-electron chi connectivity index (χ3n) is 2.81. The standard InChI is InChI=1S/C15H23N3O2/c1-4-5-10-16-15(20)11(2)17-13-6-8-14(9-7-13)18-12(3)19/h6-9,11,17H,4-5,10H2,1-3H3,(H,16,20)(H,18,19). The zero-order chi connectivity index (χ0) is 15.0. The van der Waals surface area contributed by atoms with Gasteiger partial charge in [-0.1, -0.05) is 13.3 Å². The molecule has 1 aromatic rings. The molecule has 0 bridgehead atoms. The number of rotatable bonds is 7. The Bertz CT molecular complexity index is 443. The van der Waals surface area contributed by atoms with Crippen molar-refractivity contribution in [3.63, 3.8) is 0 Å². The maximum absolute atomic E-state index is 11.8. The van der Waals surface area contributed by atoms with Crippen LogP contribution in [0.5, 0.6) is 0 Å². The first-order valence-electron chi connectivity index (χ1n) is 6.94. The van der Waals surface area contributed by atoms with Crippen LogP contribution in [-0.2, 0) is 9.59 Å². The number of amides is 2. The molecule has 5 heteroatoms. The van der Waals surface area contributed by atoms with E-state index in [1.807, 2.05) is 19.1 Å². The second-order valence-corrected chi connectivity index (χ2v) is 4.77. The van der Waals surface area contributed by atoms with Gasteiger partial charge in [0.1, 0.15) is 6.04 Å². The quantitative estimate of drug-likeness (QED) is 0.670. The summed E-state index contributed by atoms with van der Waals surface area (Å²) < 4.78 is 0. The monoisotopic (exact) mass is 277 g/mol. The highest BCUT2D eigenvalue weighted by molar-refractivity contribution is 5.89. The van der Waals surface area contributed by atoms with Crippen LogP contribution >= 0.6 is 0 Å². The summed E-state index contributed by atoms with van der Waals surface area (Å²) in [5.74, 6) is -0.112. The van der Waals surface area contributed by atoms with Crippen LogP contribution in [0.2, 0.25) is 0 Å². The third kappa shape index (κ3) is 5.73. The Kier molecular flexibility index (Phi) is 6.56. The van der Waals surface area contributed by atoms with Crippen molar-refractivity contribution in [2.24, 2.45) is 0 Å². The number of hydrogen-bond acceptors (Lipinski definition) is 3. The van der Waals surface area contributed by atoms with Gasteiger partial charge in [-0.3, -0.25) is 9.59 Å². The maximum atomic E-state index is 11.8. The molecule has 1 rings (SSSR count). The highest BCUT2D eigenvalue weighted by Gasteiger charge is 2.11. The molecule has 1 atom stereocenters. The van der Waals surface area contributed by atoms with E-state index < -0.39 is 0 Å². The van der Waals surface area contributed by atoms with E-state index in [1.54, 1.807) is 12.1 Å². The fourth-order valence-corrected chi connectivity index (χ4v) is 1.71. The van der Waals surface area contributed by atoms with Gasteiger partial charge in [0.05, 0.1) is 0 Å². The second kappa shape index (κ2) is 8.19. The van der Waals surface area contributed by atoms with E-state index in [0.29, 0.717) is 6.54 Å². The van der Waals surface area contributed by atoms with E-state index in [-0.39, 0.29) is 17.9 Å². The number of carbonyl (C=O) groups excluding carboxylic acids is 2. The van der Waals surface area contributed by atoms with Crippen molar-refractivity contribution in [1.29, 1.82) is 0 Å². The van der Waals surface area contributed by atoms with Crippen LogP contribution in [-0.4, -0.2) is 24.4 Å². The minimum Gasteiger partial charge on any atom is -0.374 e. The molecule has 1 unspecified atom stereocenters. The lowest BCUT2D eigenvalue weighted by Gasteiger charge is -2.15. The van der Waals surface area contributed by atoms with Gasteiger partial charge in [-0.2, -0.15) is 0 Å². The molecule has 0 fully saturated rings. The largest absolute Gasteiger partial charge is 0.374 e. The predicted molar refractivity (Wildman–Crippen MR) is 81.7 cm³/mol. The Morgan fingerprint density at radius 3 is 2.30 bits per heavy atom. The predicted octanol–water partition coefficient (Wildman–Crippen LogP) is 2.36. The smallest absolute Gasteiger partial charge is 0.242 e. The summed E-state index contributed by atoms with van der Waals surface area (Å²) in [5, 5.41) is 8.70. The van der Waals surface area contributed by atoms with Crippen LogP contribution in [0, 0.1) is 0 Å². The Morgan fingerprint density at radius 1 is 1.15 bits per heavy atom. The molecule has 1 aromatic carbocycles. The van der Waals surface area contributed by atoms with E-state index in [9.17, 15) is 9.59 Å². The van der Waals surface area contributed by atoms with Gasteiger partial charge < -0.3 is 16.0 Å². The minimum absolute atomic E-state index is 0.00983. The van der Waals surface area contributed by atoms with E-state index in [2.05, 4.69) is 22.9 Å². The summed E-state index contributed by atoms with van der Waals surface area (Å²) in [6.07, 6.45) is 2.05. The zero-order valence-electron chi connectivity index (χ0n) is 12.3. The molecule has 0 aliphatic rings. The van der Waals surface area contributed by atoms with Gasteiger partial charge in [0.15, 0.2) is 0 Å². The first-order valence-corrected chi connectivity index (χ1v) is 6.94. The van der Waals surface area contributed by atoms with Crippen LogP contribution in [0.4, 0.5) is 11.4 Å². The van der Waals surface area contributed by atoms with E-state index in [4.69, 9.17) is 0 Å². The molecule has 3 N–H and O–H groups in total. The van der Waals surface area contributed by atoms with Crippen LogP contribution in [0.25, 0.3) is 0 Å². The van der Waals surface area contributed by atoms with Crippen molar-refractivity contribution in [3.05, 3.63) is 24.3 Å². The minimum atomic E-state index is -0.293. The molecule has 0 radical (unpaired) electrons. The number of unbranched alkanes of at least 4 members (excludes halogenated alkanes) is 1. The van der Waals surface area contributed by atoms with Crippen molar-refractivity contribution in [3.8, 4) is 0 Å². The molecule has 0 saturated carbocycles. The summed E-state index contributed by atoms with van der Waals surface area (Å²) in [6, 6.07) is 6.97. The molecule has 20 heavy (non-hydrogen) atoms. The van der Waals surface area contributed by atoms with Crippen molar-refractivity contribution in [2.45, 2.75) is 39.7 Å². The fourth-order valence-electron chi connectivity index (χ4n) is 1.71. The van der Waals surface area contributed by atoms with Gasteiger partial charge in [0.25, 0.3) is 0 Å². The maximum Gasteiger partial charge on any atom is 0.242 e. The highest BCUT2D eigenvalue weighted by Crippen LogP contribution is 2.14. The Hall–Kier alpha value is -2.04. The third-order valence-corrected chi connectivity index (χ3v) is 2.81. The normalized spacial score (nSPS) is 11.6. The van der Waals surface area contributed by atoms with Crippen LogP contribution in [0.1, 0.15) is 33.6 Å². The number of nitrogens with one attached hydrogen (secondary N) is 3.